The molecule has 2 aromatic rings. The first-order valence-corrected chi connectivity index (χ1v) is 9.45. The largest absolute Gasteiger partial charge is 0.427 e. The van der Waals surface area contributed by atoms with Crippen LogP contribution in [0.3, 0.4) is 0 Å². The van der Waals surface area contributed by atoms with Crippen LogP contribution in [0.25, 0.3) is 0 Å². The van der Waals surface area contributed by atoms with Crippen molar-refractivity contribution >= 4 is 5.91 Å². The number of likely N-dealkylation sites (tertiary alicyclic amines) is 1. The van der Waals surface area contributed by atoms with Gasteiger partial charge in [0.1, 0.15) is 11.3 Å². The Hall–Kier alpha value is -2.43. The van der Waals surface area contributed by atoms with E-state index in [9.17, 15) is 9.59 Å². The fourth-order valence-corrected chi connectivity index (χ4v) is 3.94. The Morgan fingerprint density at radius 3 is 2.81 bits per heavy atom. The van der Waals surface area contributed by atoms with E-state index < -0.39 is 5.63 Å². The van der Waals surface area contributed by atoms with Gasteiger partial charge in [-0.05, 0) is 62.3 Å². The number of nitrogens with zero attached hydrogens (tertiary/aromatic N) is 2. The van der Waals surface area contributed by atoms with Crippen molar-refractivity contribution in [3.05, 3.63) is 63.5 Å². The van der Waals surface area contributed by atoms with Crippen LogP contribution < -0.4 is 5.63 Å². The molecule has 2 aliphatic rings. The minimum absolute atomic E-state index is 0.195. The number of aryl methyl sites for hydroxylation is 1. The second-order valence-electron chi connectivity index (χ2n) is 7.55. The molecular formula is C21H24N2O3. The van der Waals surface area contributed by atoms with Crippen LogP contribution in [0.2, 0.25) is 0 Å². The second kappa shape index (κ2) is 7.06. The molecule has 1 aliphatic carbocycles. The van der Waals surface area contributed by atoms with Crippen LogP contribution in [0, 0.1) is 12.8 Å². The van der Waals surface area contributed by atoms with E-state index >= 15 is 0 Å². The number of carbonyl (C=O) groups excluding carboxylic acids is 1. The van der Waals surface area contributed by atoms with Crippen LogP contribution in [0.1, 0.15) is 59.0 Å². The van der Waals surface area contributed by atoms with Crippen LogP contribution in [0.15, 0.2) is 39.7 Å². The van der Waals surface area contributed by atoms with Crippen LogP contribution in [-0.2, 0) is 6.42 Å². The lowest BCUT2D eigenvalue weighted by molar-refractivity contribution is 0.0781. The molecule has 2 aromatic heterocycles. The molecule has 26 heavy (non-hydrogen) atoms. The zero-order valence-electron chi connectivity index (χ0n) is 15.1. The first-order valence-electron chi connectivity index (χ1n) is 9.45. The summed E-state index contributed by atoms with van der Waals surface area (Å²) in [4.78, 5) is 31.5. The lowest BCUT2D eigenvalue weighted by atomic mass is 9.83. The minimum Gasteiger partial charge on any atom is -0.427 e. The summed E-state index contributed by atoms with van der Waals surface area (Å²) in [7, 11) is 0. The summed E-state index contributed by atoms with van der Waals surface area (Å²) in [6, 6.07) is 7.80. The molecule has 0 spiro atoms. The van der Waals surface area contributed by atoms with Crippen molar-refractivity contribution in [3.63, 3.8) is 0 Å². The molecule has 1 unspecified atom stereocenters. The minimum atomic E-state index is -0.481. The quantitative estimate of drug-likeness (QED) is 0.847. The first-order chi connectivity index (χ1) is 12.6. The molecule has 0 N–H and O–H groups in total. The zero-order valence-corrected chi connectivity index (χ0v) is 15.1. The summed E-state index contributed by atoms with van der Waals surface area (Å²) in [6.07, 6.45) is 6.91. The van der Waals surface area contributed by atoms with Gasteiger partial charge in [0, 0.05) is 30.9 Å². The third-order valence-corrected chi connectivity index (χ3v) is 5.69. The molecule has 0 bridgehead atoms. The van der Waals surface area contributed by atoms with Gasteiger partial charge in [0.05, 0.1) is 0 Å². The fraction of sp³-hybridized carbons (Fsp3) is 0.476. The maximum Gasteiger partial charge on any atom is 0.349 e. The predicted molar refractivity (Wildman–Crippen MR) is 98.3 cm³/mol. The van der Waals surface area contributed by atoms with Gasteiger partial charge in [0.25, 0.3) is 5.91 Å². The number of carbonyl (C=O) groups is 1. The van der Waals surface area contributed by atoms with E-state index in [0.717, 1.165) is 42.7 Å². The summed E-state index contributed by atoms with van der Waals surface area (Å²) in [5.74, 6) is 1.28. The Balaban J connectivity index is 1.47. The Morgan fingerprint density at radius 1 is 1.31 bits per heavy atom. The molecular weight excluding hydrogens is 328 g/mol. The lowest BCUT2D eigenvalue weighted by Gasteiger charge is -2.24. The van der Waals surface area contributed by atoms with Gasteiger partial charge in [-0.15, -0.1) is 0 Å². The van der Waals surface area contributed by atoms with E-state index in [1.165, 1.54) is 6.42 Å². The summed E-state index contributed by atoms with van der Waals surface area (Å²) in [6.45, 7) is 3.19. The van der Waals surface area contributed by atoms with E-state index in [1.807, 2.05) is 31.2 Å². The van der Waals surface area contributed by atoms with Crippen molar-refractivity contribution in [1.82, 2.24) is 9.88 Å². The molecule has 0 aromatic carbocycles. The van der Waals surface area contributed by atoms with Crippen LogP contribution in [-0.4, -0.2) is 28.9 Å². The number of amides is 1. The first kappa shape index (κ1) is 17.0. The lowest BCUT2D eigenvalue weighted by Crippen LogP contribution is -2.33. The summed E-state index contributed by atoms with van der Waals surface area (Å²) < 4.78 is 5.48. The molecule has 1 atom stereocenters. The van der Waals surface area contributed by atoms with Gasteiger partial charge in [0.2, 0.25) is 0 Å². The highest BCUT2D eigenvalue weighted by molar-refractivity contribution is 5.95. The van der Waals surface area contributed by atoms with Crippen LogP contribution >= 0.6 is 0 Å². The third kappa shape index (κ3) is 3.30. The molecule has 1 aliphatic heterocycles. The van der Waals surface area contributed by atoms with E-state index in [4.69, 9.17) is 4.42 Å². The summed E-state index contributed by atoms with van der Waals surface area (Å²) in [5.41, 5.74) is 1.50. The highest BCUT2D eigenvalue weighted by Crippen LogP contribution is 2.36. The summed E-state index contributed by atoms with van der Waals surface area (Å²) in [5, 5.41) is 0. The smallest absolute Gasteiger partial charge is 0.349 e. The van der Waals surface area contributed by atoms with Crippen molar-refractivity contribution in [2.45, 2.75) is 44.9 Å². The van der Waals surface area contributed by atoms with Crippen molar-refractivity contribution in [3.8, 4) is 0 Å². The van der Waals surface area contributed by atoms with Gasteiger partial charge in [-0.3, -0.25) is 9.78 Å². The number of pyridine rings is 1. The van der Waals surface area contributed by atoms with E-state index in [0.29, 0.717) is 24.9 Å². The van der Waals surface area contributed by atoms with Gasteiger partial charge < -0.3 is 9.32 Å². The monoisotopic (exact) mass is 352 g/mol. The second-order valence-corrected chi connectivity index (χ2v) is 7.55. The maximum absolute atomic E-state index is 12.9. The zero-order chi connectivity index (χ0) is 18.1. The highest BCUT2D eigenvalue weighted by atomic mass is 16.4. The van der Waals surface area contributed by atoms with Crippen LogP contribution in [0.4, 0.5) is 0 Å². The number of rotatable bonds is 4. The standard InChI is InChI=1S/C21H24N2O3/c1-14-11-18(16-5-4-6-16)26-21(25)19(14)20(24)23-10-8-15(13-23)12-17-7-2-3-9-22-17/h2-3,7,9,11,15-16H,4-6,8,10,12-13H2,1H3. The van der Waals surface area contributed by atoms with Crippen LogP contribution in [0.5, 0.6) is 0 Å². The molecule has 1 amide bonds. The highest BCUT2D eigenvalue weighted by Gasteiger charge is 2.31. The van der Waals surface area contributed by atoms with Gasteiger partial charge >= 0.3 is 5.63 Å². The maximum atomic E-state index is 12.9. The summed E-state index contributed by atoms with van der Waals surface area (Å²) >= 11 is 0. The van der Waals surface area contributed by atoms with Gasteiger partial charge in [-0.25, -0.2) is 4.79 Å². The predicted octanol–water partition coefficient (Wildman–Crippen LogP) is 3.32. The van der Waals surface area contributed by atoms with Crippen molar-refractivity contribution in [2.24, 2.45) is 5.92 Å². The average molecular weight is 352 g/mol. The van der Waals surface area contributed by atoms with Gasteiger partial charge in [-0.2, -0.15) is 0 Å². The molecule has 2 fully saturated rings. The SMILES string of the molecule is Cc1cc(C2CCC2)oc(=O)c1C(=O)N1CCC(Cc2ccccn2)C1. The molecule has 136 valence electrons. The molecule has 5 heteroatoms. The van der Waals surface area contributed by atoms with Crippen molar-refractivity contribution < 1.29 is 9.21 Å². The molecule has 1 saturated heterocycles. The average Bonchev–Trinajstić information content (AvgIpc) is 3.02. The normalized spacial score (nSPS) is 20.2. The van der Waals surface area contributed by atoms with Crippen molar-refractivity contribution in [1.29, 1.82) is 0 Å². The molecule has 3 heterocycles. The van der Waals surface area contributed by atoms with Gasteiger partial charge in [-0.1, -0.05) is 12.5 Å². The van der Waals surface area contributed by atoms with Crippen molar-refractivity contribution in [2.75, 3.05) is 13.1 Å². The fourth-order valence-electron chi connectivity index (χ4n) is 3.94. The third-order valence-electron chi connectivity index (χ3n) is 5.69. The van der Waals surface area contributed by atoms with E-state index in [1.54, 1.807) is 11.1 Å². The topological polar surface area (TPSA) is 63.4 Å². The molecule has 5 nitrogen and oxygen atoms in total. The Morgan fingerprint density at radius 2 is 2.15 bits per heavy atom. The Kier molecular flexibility index (Phi) is 4.62. The molecule has 1 saturated carbocycles. The Labute approximate surface area is 153 Å². The number of aromatic nitrogens is 1. The Bertz CT molecular complexity index is 855. The number of hydrogen-bond donors (Lipinski definition) is 0. The molecule has 4 rings (SSSR count). The van der Waals surface area contributed by atoms with Gasteiger partial charge in [0.15, 0.2) is 0 Å². The van der Waals surface area contributed by atoms with E-state index in [-0.39, 0.29) is 11.5 Å². The molecule has 0 radical (unpaired) electrons. The number of hydrogen-bond acceptors (Lipinski definition) is 4. The van der Waals surface area contributed by atoms with E-state index in [2.05, 4.69) is 4.98 Å².